The van der Waals surface area contributed by atoms with Crippen molar-refractivity contribution in [2.45, 2.75) is 77.7 Å². The lowest BCUT2D eigenvalue weighted by atomic mass is 9.95. The first-order chi connectivity index (χ1) is 24.3. The summed E-state index contributed by atoms with van der Waals surface area (Å²) in [6.45, 7) is 8.98. The molecule has 2 aromatic carbocycles. The van der Waals surface area contributed by atoms with Crippen LogP contribution < -0.4 is 14.8 Å². The number of carbonyl (C=O) groups is 3. The van der Waals surface area contributed by atoms with Gasteiger partial charge < -0.3 is 14.8 Å². The maximum Gasteiger partial charge on any atom is 0.322 e. The van der Waals surface area contributed by atoms with E-state index in [1.165, 1.54) is 37.0 Å². The Morgan fingerprint density at radius 3 is 2.10 bits per heavy atom. The number of rotatable bonds is 17. The average Bonchev–Trinajstić information content (AvgIpc) is 3.62. The van der Waals surface area contributed by atoms with Gasteiger partial charge in [0.2, 0.25) is 10.0 Å². The second-order valence-corrected chi connectivity index (χ2v) is 16.0. The number of aromatic nitrogens is 2. The zero-order valence-corrected chi connectivity index (χ0v) is 31.4. The Bertz CT molecular complexity index is 1870. The van der Waals surface area contributed by atoms with Crippen LogP contribution in [0, 0.1) is 0 Å². The van der Waals surface area contributed by atoms with Crippen molar-refractivity contribution in [1.29, 1.82) is 0 Å². The Balaban J connectivity index is 1.43. The minimum absolute atomic E-state index is 0.0263. The summed E-state index contributed by atoms with van der Waals surface area (Å²) in [6, 6.07) is 17.2. The fourth-order valence-corrected chi connectivity index (χ4v) is 6.98. The van der Waals surface area contributed by atoms with Crippen LogP contribution in [0.3, 0.4) is 0 Å². The zero-order valence-electron chi connectivity index (χ0n) is 29.7. The number of amides is 2. The van der Waals surface area contributed by atoms with Crippen LogP contribution in [0.2, 0.25) is 0 Å². The summed E-state index contributed by atoms with van der Waals surface area (Å²) in [6.07, 6.45) is 9.41. The van der Waals surface area contributed by atoms with E-state index in [9.17, 15) is 22.8 Å². The SMILES string of the molecule is CCCCCCCOc1ccc(-c2cnc(-c3ccc(CC(NC(=O)c4ccc(C(C)(C)C)s4)C(=O)NS(=O)(=O)CC(=O)OC)cc3)nc2)cc1. The van der Waals surface area contributed by atoms with E-state index in [-0.39, 0.29) is 11.8 Å². The molecular formula is C38H46N4O7S2. The molecule has 0 saturated carbocycles. The van der Waals surface area contributed by atoms with Crippen molar-refractivity contribution in [2.24, 2.45) is 0 Å². The first-order valence-corrected chi connectivity index (χ1v) is 19.4. The quantitative estimate of drug-likeness (QED) is 0.0917. The van der Waals surface area contributed by atoms with Gasteiger partial charge in [-0.2, -0.15) is 0 Å². The van der Waals surface area contributed by atoms with Crippen LogP contribution in [0.15, 0.2) is 73.1 Å². The van der Waals surface area contributed by atoms with E-state index < -0.39 is 39.6 Å². The lowest BCUT2D eigenvalue weighted by Gasteiger charge is -2.19. The first-order valence-electron chi connectivity index (χ1n) is 16.9. The fourth-order valence-electron chi connectivity index (χ4n) is 5.07. The van der Waals surface area contributed by atoms with E-state index in [0.29, 0.717) is 22.9 Å². The maximum atomic E-state index is 13.2. The van der Waals surface area contributed by atoms with Crippen LogP contribution in [0.4, 0.5) is 0 Å². The van der Waals surface area contributed by atoms with Crippen LogP contribution in [0.25, 0.3) is 22.5 Å². The predicted molar refractivity (Wildman–Crippen MR) is 199 cm³/mol. The molecule has 272 valence electrons. The summed E-state index contributed by atoms with van der Waals surface area (Å²) in [5.74, 6) is -2.24. The van der Waals surface area contributed by atoms with Crippen LogP contribution in [-0.4, -0.2) is 61.7 Å². The Morgan fingerprint density at radius 1 is 0.843 bits per heavy atom. The molecule has 51 heavy (non-hydrogen) atoms. The first kappa shape index (κ1) is 39.2. The number of hydrogen-bond donors (Lipinski definition) is 2. The van der Waals surface area contributed by atoms with Crippen molar-refractivity contribution >= 4 is 39.1 Å². The normalized spacial score (nSPS) is 12.2. The molecule has 2 heterocycles. The number of sulfonamides is 1. The second-order valence-electron chi connectivity index (χ2n) is 13.2. The number of thiophene rings is 1. The van der Waals surface area contributed by atoms with Crippen LogP contribution in [0.1, 0.15) is 79.9 Å². The number of unbranched alkanes of at least 4 members (excludes halogenated alkanes) is 4. The van der Waals surface area contributed by atoms with Crippen molar-refractivity contribution in [3.63, 3.8) is 0 Å². The van der Waals surface area contributed by atoms with Gasteiger partial charge in [0.15, 0.2) is 11.6 Å². The Labute approximate surface area is 304 Å². The summed E-state index contributed by atoms with van der Waals surface area (Å²) >= 11 is 1.29. The maximum absolute atomic E-state index is 13.2. The molecule has 2 N–H and O–H groups in total. The van der Waals surface area contributed by atoms with Crippen molar-refractivity contribution in [3.05, 3.63) is 88.4 Å². The molecular weight excluding hydrogens is 689 g/mol. The predicted octanol–water partition coefficient (Wildman–Crippen LogP) is 6.48. The third-order valence-corrected chi connectivity index (χ3v) is 10.6. The van der Waals surface area contributed by atoms with E-state index in [4.69, 9.17) is 4.74 Å². The highest BCUT2D eigenvalue weighted by Crippen LogP contribution is 2.29. The lowest BCUT2D eigenvalue weighted by Crippen LogP contribution is -2.50. The van der Waals surface area contributed by atoms with Crippen LogP contribution in [-0.2, 0) is 36.2 Å². The van der Waals surface area contributed by atoms with Gasteiger partial charge in [-0.3, -0.25) is 19.1 Å². The van der Waals surface area contributed by atoms with Gasteiger partial charge in [-0.25, -0.2) is 18.4 Å². The molecule has 4 aromatic rings. The lowest BCUT2D eigenvalue weighted by molar-refractivity contribution is -0.137. The van der Waals surface area contributed by atoms with E-state index >= 15 is 0 Å². The van der Waals surface area contributed by atoms with Gasteiger partial charge in [-0.1, -0.05) is 89.8 Å². The summed E-state index contributed by atoms with van der Waals surface area (Å²) in [7, 11) is -3.32. The average molecular weight is 735 g/mol. The molecule has 0 spiro atoms. The Hall–Kier alpha value is -4.62. The molecule has 2 amide bonds. The van der Waals surface area contributed by atoms with Crippen LogP contribution in [0.5, 0.6) is 5.75 Å². The van der Waals surface area contributed by atoms with Crippen molar-refractivity contribution in [1.82, 2.24) is 20.0 Å². The number of carbonyl (C=O) groups excluding carboxylic acids is 3. The van der Waals surface area contributed by atoms with Gasteiger partial charge in [0.05, 0.1) is 18.6 Å². The fraction of sp³-hybridized carbons (Fsp3) is 0.395. The smallest absolute Gasteiger partial charge is 0.322 e. The number of methoxy groups -OCH3 is 1. The highest BCUT2D eigenvalue weighted by molar-refractivity contribution is 7.90. The molecule has 0 saturated heterocycles. The molecule has 0 aliphatic heterocycles. The van der Waals surface area contributed by atoms with E-state index in [1.54, 1.807) is 42.7 Å². The molecule has 0 aliphatic rings. The zero-order chi connectivity index (χ0) is 37.0. The summed E-state index contributed by atoms with van der Waals surface area (Å²) in [4.78, 5) is 48.5. The third-order valence-electron chi connectivity index (χ3n) is 7.99. The van der Waals surface area contributed by atoms with Crippen molar-refractivity contribution in [2.75, 3.05) is 19.5 Å². The molecule has 1 atom stereocenters. The van der Waals surface area contributed by atoms with Gasteiger partial charge >= 0.3 is 5.97 Å². The number of hydrogen-bond acceptors (Lipinski definition) is 10. The molecule has 2 aromatic heterocycles. The molecule has 11 nitrogen and oxygen atoms in total. The largest absolute Gasteiger partial charge is 0.494 e. The van der Waals surface area contributed by atoms with Crippen molar-refractivity contribution in [3.8, 4) is 28.3 Å². The number of esters is 1. The summed E-state index contributed by atoms with van der Waals surface area (Å²) in [5.41, 5.74) is 3.01. The number of nitrogens with zero attached hydrogens (tertiary/aromatic N) is 2. The van der Waals surface area contributed by atoms with E-state index in [2.05, 4.69) is 26.9 Å². The van der Waals surface area contributed by atoms with Crippen molar-refractivity contribution < 1.29 is 32.3 Å². The van der Waals surface area contributed by atoms with Gasteiger partial charge in [-0.15, -0.1) is 11.3 Å². The highest BCUT2D eigenvalue weighted by atomic mass is 32.2. The van der Waals surface area contributed by atoms with E-state index in [0.717, 1.165) is 40.8 Å². The molecule has 13 heteroatoms. The van der Waals surface area contributed by atoms with Gasteiger partial charge in [0.1, 0.15) is 11.8 Å². The minimum Gasteiger partial charge on any atom is -0.494 e. The second kappa shape index (κ2) is 18.0. The van der Waals surface area contributed by atoms with E-state index in [1.807, 2.05) is 55.8 Å². The topological polar surface area (TPSA) is 154 Å². The van der Waals surface area contributed by atoms with Gasteiger partial charge in [0.25, 0.3) is 11.8 Å². The number of benzene rings is 2. The Kier molecular flexibility index (Phi) is 13.9. The molecule has 0 radical (unpaired) electrons. The van der Waals surface area contributed by atoms with Crippen LogP contribution >= 0.6 is 11.3 Å². The third kappa shape index (κ3) is 12.0. The molecule has 1 unspecified atom stereocenters. The summed E-state index contributed by atoms with van der Waals surface area (Å²) < 4.78 is 37.2. The molecule has 4 rings (SSSR count). The Morgan fingerprint density at radius 2 is 1.49 bits per heavy atom. The standard InChI is InChI=1S/C38H46N4O7S2/c1-6-7-8-9-10-21-49-30-17-15-27(16-18-30)29-23-39-35(40-24-29)28-13-11-26(12-14-28)22-31(36(44)42-51(46,47)25-34(43)48-5)41-37(45)32-19-20-33(50-32)38(2,3)4/h11-20,23-24,31H,6-10,21-22,25H2,1-5H3,(H,41,45)(H,42,44). The molecule has 0 aliphatic carbocycles. The van der Waals surface area contributed by atoms with Gasteiger partial charge in [-0.05, 0) is 47.2 Å². The molecule has 0 bridgehead atoms. The minimum atomic E-state index is -4.37. The monoisotopic (exact) mass is 734 g/mol. The number of ether oxygens (including phenoxy) is 2. The number of nitrogens with one attached hydrogen (secondary N) is 2. The molecule has 0 fully saturated rings. The summed E-state index contributed by atoms with van der Waals surface area (Å²) in [5, 5.41) is 2.67. The van der Waals surface area contributed by atoms with Gasteiger partial charge in [0, 0.05) is 34.8 Å². The highest BCUT2D eigenvalue weighted by Gasteiger charge is 2.28.